The van der Waals surface area contributed by atoms with Crippen molar-refractivity contribution >= 4 is 5.88 Å². The Morgan fingerprint density at radius 1 is 1.21 bits per heavy atom. The molecule has 0 aliphatic heterocycles. The van der Waals surface area contributed by atoms with E-state index in [1.54, 1.807) is 7.11 Å². The number of benzene rings is 1. The van der Waals surface area contributed by atoms with E-state index in [4.69, 9.17) is 14.9 Å². The van der Waals surface area contributed by atoms with Gasteiger partial charge in [0.15, 0.2) is 0 Å². The first-order valence-corrected chi connectivity index (χ1v) is 5.94. The van der Waals surface area contributed by atoms with Crippen LogP contribution in [0.3, 0.4) is 0 Å². The number of nitriles is 1. The second-order valence-corrected chi connectivity index (χ2v) is 4.52. The fraction of sp³-hybridized carbons (Fsp3) is 0.267. The third-order valence-corrected chi connectivity index (χ3v) is 3.23. The van der Waals surface area contributed by atoms with E-state index in [1.807, 2.05) is 32.9 Å². The predicted octanol–water partition coefficient (Wildman–Crippen LogP) is 3.33. The van der Waals surface area contributed by atoms with E-state index in [0.29, 0.717) is 11.3 Å². The number of hydrogen-bond donors (Lipinski definition) is 1. The molecule has 0 spiro atoms. The lowest BCUT2D eigenvalue weighted by Gasteiger charge is -2.11. The summed E-state index contributed by atoms with van der Waals surface area (Å²) in [6.07, 6.45) is 0. The number of nitrogen functional groups attached to an aromatic ring is 1. The zero-order valence-electron chi connectivity index (χ0n) is 11.5. The van der Waals surface area contributed by atoms with Gasteiger partial charge < -0.3 is 14.9 Å². The molecule has 98 valence electrons. The Kier molecular flexibility index (Phi) is 3.22. The third kappa shape index (κ3) is 2.04. The number of ether oxygens (including phenoxy) is 1. The summed E-state index contributed by atoms with van der Waals surface area (Å²) in [4.78, 5) is 0. The highest BCUT2D eigenvalue weighted by Crippen LogP contribution is 2.37. The van der Waals surface area contributed by atoms with Gasteiger partial charge >= 0.3 is 0 Å². The summed E-state index contributed by atoms with van der Waals surface area (Å²) < 4.78 is 10.7. The van der Waals surface area contributed by atoms with Crippen molar-refractivity contribution in [2.45, 2.75) is 20.8 Å². The lowest BCUT2D eigenvalue weighted by atomic mass is 9.95. The summed E-state index contributed by atoms with van der Waals surface area (Å²) in [7, 11) is 1.64. The molecule has 0 fully saturated rings. The Morgan fingerprint density at radius 3 is 2.47 bits per heavy atom. The summed E-state index contributed by atoms with van der Waals surface area (Å²) in [5, 5.41) is 9.22. The van der Waals surface area contributed by atoms with Crippen LogP contribution in [0.25, 0.3) is 11.1 Å². The first-order valence-electron chi connectivity index (χ1n) is 5.94. The maximum atomic E-state index is 9.22. The molecule has 19 heavy (non-hydrogen) atoms. The SMILES string of the molecule is COc1cc(C)c(-c2c(C)oc(N)c2C#N)cc1C. The summed E-state index contributed by atoms with van der Waals surface area (Å²) in [5.41, 5.74) is 9.85. The molecule has 0 atom stereocenters. The normalized spacial score (nSPS) is 10.3. The quantitative estimate of drug-likeness (QED) is 0.894. The highest BCUT2D eigenvalue weighted by Gasteiger charge is 2.19. The number of nitrogens with zero attached hydrogens (tertiary/aromatic N) is 1. The molecule has 0 bridgehead atoms. The zero-order chi connectivity index (χ0) is 14.2. The smallest absolute Gasteiger partial charge is 0.209 e. The van der Waals surface area contributed by atoms with Crippen molar-refractivity contribution in [1.82, 2.24) is 0 Å². The molecule has 0 saturated carbocycles. The molecule has 0 unspecified atom stereocenters. The number of hydrogen-bond acceptors (Lipinski definition) is 4. The molecule has 0 amide bonds. The lowest BCUT2D eigenvalue weighted by Crippen LogP contribution is -1.93. The van der Waals surface area contributed by atoms with Crippen LogP contribution in [0.4, 0.5) is 5.88 Å². The van der Waals surface area contributed by atoms with Crippen molar-refractivity contribution in [1.29, 1.82) is 5.26 Å². The molecule has 0 aliphatic carbocycles. The van der Waals surface area contributed by atoms with Crippen LogP contribution in [0.2, 0.25) is 0 Å². The Hall–Kier alpha value is -2.41. The van der Waals surface area contributed by atoms with Gasteiger partial charge in [-0.3, -0.25) is 0 Å². The van der Waals surface area contributed by atoms with E-state index in [0.717, 1.165) is 28.0 Å². The molecule has 2 N–H and O–H groups in total. The molecule has 4 heteroatoms. The maximum absolute atomic E-state index is 9.22. The van der Waals surface area contributed by atoms with Crippen LogP contribution >= 0.6 is 0 Å². The number of nitrogens with two attached hydrogens (primary N) is 1. The summed E-state index contributed by atoms with van der Waals surface area (Å²) in [6.45, 7) is 5.75. The van der Waals surface area contributed by atoms with Gasteiger partial charge in [0.25, 0.3) is 0 Å². The van der Waals surface area contributed by atoms with Crippen molar-refractivity contribution in [2.24, 2.45) is 0 Å². The van der Waals surface area contributed by atoms with E-state index < -0.39 is 0 Å². The minimum absolute atomic E-state index is 0.169. The van der Waals surface area contributed by atoms with Gasteiger partial charge in [-0.2, -0.15) is 5.26 Å². The van der Waals surface area contributed by atoms with Crippen LogP contribution in [-0.4, -0.2) is 7.11 Å². The van der Waals surface area contributed by atoms with Gasteiger partial charge in [-0.15, -0.1) is 0 Å². The lowest BCUT2D eigenvalue weighted by molar-refractivity contribution is 0.411. The molecule has 2 aromatic rings. The van der Waals surface area contributed by atoms with E-state index in [-0.39, 0.29) is 5.88 Å². The fourth-order valence-electron chi connectivity index (χ4n) is 2.28. The molecule has 0 saturated heterocycles. The standard InChI is InChI=1S/C15H16N2O2/c1-8-6-13(18-4)9(2)5-11(8)14-10(3)19-15(17)12(14)7-16/h5-6H,17H2,1-4H3. The zero-order valence-corrected chi connectivity index (χ0v) is 11.5. The van der Waals surface area contributed by atoms with Crippen LogP contribution in [0.1, 0.15) is 22.5 Å². The van der Waals surface area contributed by atoms with Gasteiger partial charge in [0, 0.05) is 5.56 Å². The minimum Gasteiger partial charge on any atom is -0.496 e. The van der Waals surface area contributed by atoms with Crippen LogP contribution in [0, 0.1) is 32.1 Å². The molecule has 1 heterocycles. The number of furan rings is 1. The van der Waals surface area contributed by atoms with Crippen molar-refractivity contribution < 1.29 is 9.15 Å². The molecular weight excluding hydrogens is 240 g/mol. The van der Waals surface area contributed by atoms with E-state index in [9.17, 15) is 5.26 Å². The Balaban J connectivity index is 2.73. The molecule has 2 rings (SSSR count). The van der Waals surface area contributed by atoms with E-state index in [2.05, 4.69) is 6.07 Å². The number of rotatable bonds is 2. The molecule has 0 radical (unpaired) electrons. The van der Waals surface area contributed by atoms with Crippen LogP contribution in [0.5, 0.6) is 5.75 Å². The Bertz CT molecular complexity index is 678. The third-order valence-electron chi connectivity index (χ3n) is 3.23. The van der Waals surface area contributed by atoms with Crippen molar-refractivity contribution in [3.8, 4) is 22.9 Å². The van der Waals surface area contributed by atoms with E-state index in [1.165, 1.54) is 0 Å². The van der Waals surface area contributed by atoms with Crippen molar-refractivity contribution in [3.63, 3.8) is 0 Å². The molecule has 4 nitrogen and oxygen atoms in total. The number of anilines is 1. The molecular formula is C15H16N2O2. The molecule has 0 aliphatic rings. The predicted molar refractivity (Wildman–Crippen MR) is 74.0 cm³/mol. The number of aryl methyl sites for hydroxylation is 3. The van der Waals surface area contributed by atoms with E-state index >= 15 is 0 Å². The van der Waals surface area contributed by atoms with Gasteiger partial charge in [-0.25, -0.2) is 0 Å². The second kappa shape index (κ2) is 4.69. The average molecular weight is 256 g/mol. The molecule has 1 aromatic carbocycles. The van der Waals surface area contributed by atoms with Gasteiger partial charge in [0.05, 0.1) is 7.11 Å². The first-order chi connectivity index (χ1) is 8.99. The van der Waals surface area contributed by atoms with Crippen LogP contribution < -0.4 is 10.5 Å². The van der Waals surface area contributed by atoms with Gasteiger partial charge in [0.1, 0.15) is 23.1 Å². The first kappa shape index (κ1) is 13.0. The highest BCUT2D eigenvalue weighted by atomic mass is 16.5. The fourth-order valence-corrected chi connectivity index (χ4v) is 2.28. The van der Waals surface area contributed by atoms with Crippen LogP contribution in [0.15, 0.2) is 16.5 Å². The van der Waals surface area contributed by atoms with Gasteiger partial charge in [-0.05, 0) is 49.6 Å². The number of methoxy groups -OCH3 is 1. The maximum Gasteiger partial charge on any atom is 0.209 e. The van der Waals surface area contributed by atoms with Crippen LogP contribution in [-0.2, 0) is 0 Å². The summed E-state index contributed by atoms with van der Waals surface area (Å²) in [6, 6.07) is 6.05. The van der Waals surface area contributed by atoms with Gasteiger partial charge in [0.2, 0.25) is 5.88 Å². The van der Waals surface area contributed by atoms with Crippen molar-refractivity contribution in [2.75, 3.05) is 12.8 Å². The van der Waals surface area contributed by atoms with Crippen molar-refractivity contribution in [3.05, 3.63) is 34.6 Å². The largest absolute Gasteiger partial charge is 0.496 e. The Labute approximate surface area is 112 Å². The Morgan fingerprint density at radius 2 is 1.89 bits per heavy atom. The average Bonchev–Trinajstić information content (AvgIpc) is 2.65. The minimum atomic E-state index is 0.169. The van der Waals surface area contributed by atoms with Gasteiger partial charge in [-0.1, -0.05) is 0 Å². The topological polar surface area (TPSA) is 72.2 Å². The monoisotopic (exact) mass is 256 g/mol. The second-order valence-electron chi connectivity index (χ2n) is 4.52. The summed E-state index contributed by atoms with van der Waals surface area (Å²) in [5.74, 6) is 1.65. The molecule has 1 aromatic heterocycles. The highest BCUT2D eigenvalue weighted by molar-refractivity contribution is 5.80. The summed E-state index contributed by atoms with van der Waals surface area (Å²) >= 11 is 0.